The Labute approximate surface area is 101 Å². The zero-order chi connectivity index (χ0) is 12.4. The quantitative estimate of drug-likeness (QED) is 0.697. The number of ether oxygens (including phenoxy) is 1. The van der Waals surface area contributed by atoms with E-state index in [-0.39, 0.29) is 36.3 Å². The van der Waals surface area contributed by atoms with E-state index in [9.17, 15) is 9.59 Å². The van der Waals surface area contributed by atoms with Gasteiger partial charge in [-0.3, -0.25) is 14.5 Å². The highest BCUT2D eigenvalue weighted by Crippen LogP contribution is 2.39. The minimum atomic E-state index is -0.312. The van der Waals surface area contributed by atoms with Gasteiger partial charge in [0.2, 0.25) is 11.8 Å². The van der Waals surface area contributed by atoms with Crippen LogP contribution in [0, 0.1) is 11.8 Å². The largest absolute Gasteiger partial charge is 0.396 e. The third-order valence-corrected chi connectivity index (χ3v) is 3.79. The monoisotopic (exact) mass is 241 g/mol. The lowest BCUT2D eigenvalue weighted by Gasteiger charge is -2.35. The number of piperidine rings is 1. The van der Waals surface area contributed by atoms with Crippen molar-refractivity contribution in [1.29, 1.82) is 0 Å². The number of fused-ring (bicyclic) bond motifs is 2. The maximum atomic E-state index is 12.2. The predicted octanol–water partition coefficient (Wildman–Crippen LogP) is 0.169. The Morgan fingerprint density at radius 1 is 1.35 bits per heavy atom. The lowest BCUT2D eigenvalue weighted by atomic mass is 9.95. The van der Waals surface area contributed by atoms with Crippen LogP contribution in [0.5, 0.6) is 0 Å². The summed E-state index contributed by atoms with van der Waals surface area (Å²) in [6, 6.07) is -0.312. The molecule has 1 N–H and O–H groups in total. The average molecular weight is 241 g/mol. The maximum Gasteiger partial charge on any atom is 0.232 e. The smallest absolute Gasteiger partial charge is 0.232 e. The molecule has 2 aliphatic rings. The van der Waals surface area contributed by atoms with Gasteiger partial charge in [-0.2, -0.15) is 0 Å². The van der Waals surface area contributed by atoms with Crippen molar-refractivity contribution in [2.45, 2.75) is 31.7 Å². The number of likely N-dealkylation sites (tertiary alicyclic amines) is 1. The molecule has 2 rings (SSSR count). The van der Waals surface area contributed by atoms with E-state index in [1.165, 1.54) is 12.0 Å². The van der Waals surface area contributed by atoms with Crippen LogP contribution in [-0.4, -0.2) is 48.2 Å². The van der Waals surface area contributed by atoms with E-state index in [1.807, 2.05) is 0 Å². The Kier molecular flexibility index (Phi) is 3.79. The fourth-order valence-corrected chi connectivity index (χ4v) is 2.92. The molecule has 1 heterocycles. The lowest BCUT2D eigenvalue weighted by molar-refractivity contribution is -0.157. The van der Waals surface area contributed by atoms with Gasteiger partial charge in [-0.05, 0) is 25.7 Å². The number of aliphatic hydroxyl groups excluding tert-OH is 1. The first-order valence-electron chi connectivity index (χ1n) is 6.15. The fraction of sp³-hybridized carbons (Fsp3) is 0.833. The second kappa shape index (κ2) is 5.14. The van der Waals surface area contributed by atoms with Crippen molar-refractivity contribution in [3.63, 3.8) is 0 Å². The summed E-state index contributed by atoms with van der Waals surface area (Å²) in [6.07, 6.45) is 2.76. The third kappa shape index (κ3) is 2.21. The van der Waals surface area contributed by atoms with Gasteiger partial charge >= 0.3 is 0 Å². The van der Waals surface area contributed by atoms with Crippen LogP contribution in [0.25, 0.3) is 0 Å². The van der Waals surface area contributed by atoms with Crippen LogP contribution in [0.2, 0.25) is 0 Å². The van der Waals surface area contributed by atoms with E-state index in [4.69, 9.17) is 9.84 Å². The molecule has 3 atom stereocenters. The molecule has 3 unspecified atom stereocenters. The lowest BCUT2D eigenvalue weighted by Crippen LogP contribution is -2.53. The van der Waals surface area contributed by atoms with Gasteiger partial charge in [0, 0.05) is 25.6 Å². The first-order valence-corrected chi connectivity index (χ1v) is 6.15. The Balaban J connectivity index is 2.16. The molecular formula is C12H19NO4. The molecule has 1 aliphatic heterocycles. The molecule has 0 spiro atoms. The van der Waals surface area contributed by atoms with Crippen molar-refractivity contribution in [2.75, 3.05) is 20.3 Å². The van der Waals surface area contributed by atoms with Crippen molar-refractivity contribution in [2.24, 2.45) is 11.8 Å². The van der Waals surface area contributed by atoms with Gasteiger partial charge in [0.05, 0.1) is 12.6 Å². The highest BCUT2D eigenvalue weighted by molar-refractivity contribution is 6.01. The molecule has 1 saturated carbocycles. The molecule has 2 fully saturated rings. The van der Waals surface area contributed by atoms with Crippen LogP contribution in [0.4, 0.5) is 0 Å². The number of hydrogen-bond acceptors (Lipinski definition) is 4. The first-order chi connectivity index (χ1) is 8.19. The molecule has 0 aromatic rings. The third-order valence-electron chi connectivity index (χ3n) is 3.79. The van der Waals surface area contributed by atoms with E-state index in [2.05, 4.69) is 0 Å². The zero-order valence-corrected chi connectivity index (χ0v) is 10.1. The summed E-state index contributed by atoms with van der Waals surface area (Å²) < 4.78 is 5.04. The molecule has 5 nitrogen and oxygen atoms in total. The molecule has 2 amide bonds. The average Bonchev–Trinajstić information content (AvgIpc) is 2.74. The number of rotatable bonds is 5. The van der Waals surface area contributed by atoms with E-state index in [1.54, 1.807) is 0 Å². The standard InChI is InChI=1S/C12H19NO4/c1-17-7-10(4-5-14)13-11(15)8-2-3-9(6-8)12(13)16/h8-10,14H,2-7H2,1H3. The number of nitrogens with zero attached hydrogens (tertiary/aromatic N) is 1. The van der Waals surface area contributed by atoms with E-state index >= 15 is 0 Å². The molecule has 0 aromatic heterocycles. The highest BCUT2D eigenvalue weighted by atomic mass is 16.5. The SMILES string of the molecule is COCC(CCO)N1C(=O)C2CCC(C2)C1=O. The normalized spacial score (nSPS) is 29.9. The second-order valence-electron chi connectivity index (χ2n) is 4.87. The number of amides is 2. The minimum absolute atomic E-state index is 0.00995. The Morgan fingerprint density at radius 3 is 2.41 bits per heavy atom. The van der Waals surface area contributed by atoms with Crippen LogP contribution in [0.15, 0.2) is 0 Å². The van der Waals surface area contributed by atoms with Gasteiger partial charge in [0.15, 0.2) is 0 Å². The number of aliphatic hydroxyl groups is 1. The molecule has 1 saturated heterocycles. The summed E-state index contributed by atoms with van der Waals surface area (Å²) in [5.41, 5.74) is 0. The zero-order valence-electron chi connectivity index (χ0n) is 10.1. The molecular weight excluding hydrogens is 222 g/mol. The van der Waals surface area contributed by atoms with Gasteiger partial charge in [0.25, 0.3) is 0 Å². The molecule has 17 heavy (non-hydrogen) atoms. The Hall–Kier alpha value is -0.940. The summed E-state index contributed by atoms with van der Waals surface area (Å²) in [7, 11) is 1.54. The van der Waals surface area contributed by atoms with Crippen LogP contribution in [-0.2, 0) is 14.3 Å². The summed E-state index contributed by atoms with van der Waals surface area (Å²) >= 11 is 0. The summed E-state index contributed by atoms with van der Waals surface area (Å²) in [6.45, 7) is 0.262. The van der Waals surface area contributed by atoms with Crippen LogP contribution in [0.3, 0.4) is 0 Å². The molecule has 1 aliphatic carbocycles. The second-order valence-corrected chi connectivity index (χ2v) is 4.87. The Morgan fingerprint density at radius 2 is 1.94 bits per heavy atom. The molecule has 5 heteroatoms. The van der Waals surface area contributed by atoms with Gasteiger partial charge in [-0.1, -0.05) is 0 Å². The predicted molar refractivity (Wildman–Crippen MR) is 60.1 cm³/mol. The number of imide groups is 1. The van der Waals surface area contributed by atoms with Crippen molar-refractivity contribution in [3.05, 3.63) is 0 Å². The number of carbonyl (C=O) groups is 2. The molecule has 96 valence electrons. The minimum Gasteiger partial charge on any atom is -0.396 e. The van der Waals surface area contributed by atoms with Gasteiger partial charge in [-0.25, -0.2) is 0 Å². The molecule has 2 bridgehead atoms. The van der Waals surface area contributed by atoms with E-state index < -0.39 is 0 Å². The van der Waals surface area contributed by atoms with Crippen molar-refractivity contribution >= 4 is 11.8 Å². The summed E-state index contributed by atoms with van der Waals surface area (Å²) in [4.78, 5) is 25.7. The van der Waals surface area contributed by atoms with Crippen molar-refractivity contribution < 1.29 is 19.4 Å². The van der Waals surface area contributed by atoms with Gasteiger partial charge in [0.1, 0.15) is 0 Å². The van der Waals surface area contributed by atoms with Crippen molar-refractivity contribution in [1.82, 2.24) is 4.90 Å². The topological polar surface area (TPSA) is 66.8 Å². The van der Waals surface area contributed by atoms with E-state index in [0.717, 1.165) is 12.8 Å². The molecule has 0 aromatic carbocycles. The molecule has 0 radical (unpaired) electrons. The first kappa shape index (κ1) is 12.5. The number of carbonyl (C=O) groups excluding carboxylic acids is 2. The highest BCUT2D eigenvalue weighted by Gasteiger charge is 2.47. The summed E-state index contributed by atoms with van der Waals surface area (Å²) in [5, 5.41) is 9.01. The van der Waals surface area contributed by atoms with Crippen molar-refractivity contribution in [3.8, 4) is 0 Å². The fourth-order valence-electron chi connectivity index (χ4n) is 2.92. The van der Waals surface area contributed by atoms with Crippen LogP contribution in [0.1, 0.15) is 25.7 Å². The maximum absolute atomic E-state index is 12.2. The van der Waals surface area contributed by atoms with Crippen LogP contribution < -0.4 is 0 Å². The number of methoxy groups -OCH3 is 1. The summed E-state index contributed by atoms with van der Waals surface area (Å²) in [5.74, 6) is -0.120. The number of hydrogen-bond donors (Lipinski definition) is 1. The van der Waals surface area contributed by atoms with Crippen LogP contribution >= 0.6 is 0 Å². The Bertz CT molecular complexity index is 290. The van der Waals surface area contributed by atoms with Gasteiger partial charge < -0.3 is 9.84 Å². The van der Waals surface area contributed by atoms with Gasteiger partial charge in [-0.15, -0.1) is 0 Å². The van der Waals surface area contributed by atoms with E-state index in [0.29, 0.717) is 19.4 Å².